The molecule has 0 atom stereocenters. The fourth-order valence-electron chi connectivity index (χ4n) is 2.97. The quantitative estimate of drug-likeness (QED) is 0.811. The molecule has 1 fully saturated rings. The number of hydrogen-bond donors (Lipinski definition) is 0. The topological polar surface area (TPSA) is 39.9 Å². The summed E-state index contributed by atoms with van der Waals surface area (Å²) in [6.07, 6.45) is 8.06. The molecule has 1 aromatic rings. The molecule has 1 heterocycles. The van der Waals surface area contributed by atoms with E-state index in [1.165, 1.54) is 25.7 Å². The smallest absolute Gasteiger partial charge is 0.146 e. The molecule has 1 aliphatic rings. The summed E-state index contributed by atoms with van der Waals surface area (Å²) in [6, 6.07) is 4.84. The van der Waals surface area contributed by atoms with Crippen molar-refractivity contribution in [2.24, 2.45) is 5.92 Å². The third kappa shape index (κ3) is 3.30. The van der Waals surface area contributed by atoms with E-state index in [0.29, 0.717) is 12.0 Å². The number of nitrogens with zero attached hydrogens (tertiary/aromatic N) is 3. The van der Waals surface area contributed by atoms with Crippen molar-refractivity contribution in [3.8, 4) is 6.07 Å². The Morgan fingerprint density at radius 2 is 2.10 bits per heavy atom. The number of hydrogen-bond acceptors (Lipinski definition) is 3. The number of nitriles is 1. The van der Waals surface area contributed by atoms with Crippen LogP contribution in [0.1, 0.15) is 57.1 Å². The van der Waals surface area contributed by atoms with E-state index in [0.717, 1.165) is 29.9 Å². The zero-order valence-corrected chi connectivity index (χ0v) is 12.9. The molecule has 0 radical (unpaired) electrons. The van der Waals surface area contributed by atoms with Crippen molar-refractivity contribution in [2.75, 3.05) is 11.4 Å². The summed E-state index contributed by atoms with van der Waals surface area (Å²) in [6.45, 7) is 7.51. The number of aryl methyl sites for hydroxylation is 1. The lowest BCUT2D eigenvalue weighted by atomic mass is 10.1. The van der Waals surface area contributed by atoms with Gasteiger partial charge >= 0.3 is 0 Å². The number of aromatic nitrogens is 1. The molecule has 0 bridgehead atoms. The maximum absolute atomic E-state index is 9.45. The first-order chi connectivity index (χ1) is 9.63. The fraction of sp³-hybridized carbons (Fsp3) is 0.647. The molecule has 0 unspecified atom stereocenters. The van der Waals surface area contributed by atoms with E-state index in [2.05, 4.69) is 29.8 Å². The van der Waals surface area contributed by atoms with Crippen LogP contribution < -0.4 is 4.90 Å². The lowest BCUT2D eigenvalue weighted by Crippen LogP contribution is -2.36. The lowest BCUT2D eigenvalue weighted by molar-refractivity contribution is 0.524. The minimum Gasteiger partial charge on any atom is -0.353 e. The Morgan fingerprint density at radius 3 is 2.70 bits per heavy atom. The van der Waals surface area contributed by atoms with Crippen LogP contribution in [0.3, 0.4) is 0 Å². The highest BCUT2D eigenvalue weighted by molar-refractivity contribution is 5.57. The molecule has 3 nitrogen and oxygen atoms in total. The Kier molecular flexibility index (Phi) is 5.00. The average Bonchev–Trinajstić information content (AvgIpc) is 2.93. The maximum atomic E-state index is 9.45. The van der Waals surface area contributed by atoms with Gasteiger partial charge in [-0.05, 0) is 43.7 Å². The Bertz CT molecular complexity index is 481. The van der Waals surface area contributed by atoms with Gasteiger partial charge in [-0.15, -0.1) is 0 Å². The molecule has 0 saturated heterocycles. The molecule has 1 aromatic heterocycles. The van der Waals surface area contributed by atoms with Gasteiger partial charge in [0, 0.05) is 18.8 Å². The molecule has 0 aromatic carbocycles. The molecule has 0 amide bonds. The van der Waals surface area contributed by atoms with E-state index in [1.807, 2.05) is 19.2 Å². The second-order valence-corrected chi connectivity index (χ2v) is 6.25. The summed E-state index contributed by atoms with van der Waals surface area (Å²) in [5.74, 6) is 1.58. The first-order valence-electron chi connectivity index (χ1n) is 7.75. The monoisotopic (exact) mass is 271 g/mol. The summed E-state index contributed by atoms with van der Waals surface area (Å²) in [5.41, 5.74) is 1.79. The molecule has 0 N–H and O–H groups in total. The van der Waals surface area contributed by atoms with Crippen molar-refractivity contribution >= 4 is 5.82 Å². The number of anilines is 1. The molecule has 2 rings (SSSR count). The summed E-state index contributed by atoms with van der Waals surface area (Å²) in [4.78, 5) is 6.94. The van der Waals surface area contributed by atoms with Crippen molar-refractivity contribution in [1.82, 2.24) is 4.98 Å². The van der Waals surface area contributed by atoms with Crippen molar-refractivity contribution < 1.29 is 0 Å². The van der Waals surface area contributed by atoms with Gasteiger partial charge in [0.2, 0.25) is 0 Å². The molecular formula is C17H25N3. The summed E-state index contributed by atoms with van der Waals surface area (Å²) in [5, 5.41) is 9.45. The van der Waals surface area contributed by atoms with Gasteiger partial charge in [0.25, 0.3) is 0 Å². The minimum atomic E-state index is 0.565. The Labute approximate surface area is 122 Å². The van der Waals surface area contributed by atoms with Crippen LogP contribution in [0.15, 0.2) is 12.3 Å². The maximum Gasteiger partial charge on any atom is 0.146 e. The summed E-state index contributed by atoms with van der Waals surface area (Å²) < 4.78 is 0. The minimum absolute atomic E-state index is 0.565. The molecule has 0 spiro atoms. The van der Waals surface area contributed by atoms with Crippen LogP contribution in [0.2, 0.25) is 0 Å². The Morgan fingerprint density at radius 1 is 1.40 bits per heavy atom. The van der Waals surface area contributed by atoms with Crippen LogP contribution in [0, 0.1) is 24.2 Å². The van der Waals surface area contributed by atoms with Crippen LogP contribution in [-0.2, 0) is 0 Å². The van der Waals surface area contributed by atoms with Crippen molar-refractivity contribution in [3.63, 3.8) is 0 Å². The third-order valence-corrected chi connectivity index (χ3v) is 4.24. The Hall–Kier alpha value is -1.56. The van der Waals surface area contributed by atoms with Gasteiger partial charge in [-0.2, -0.15) is 5.26 Å². The van der Waals surface area contributed by atoms with Gasteiger partial charge in [-0.1, -0.05) is 26.7 Å². The first kappa shape index (κ1) is 14.8. The van der Waals surface area contributed by atoms with E-state index in [1.54, 1.807) is 0 Å². The molecule has 108 valence electrons. The second kappa shape index (κ2) is 6.74. The van der Waals surface area contributed by atoms with Crippen LogP contribution in [0.4, 0.5) is 5.82 Å². The molecule has 20 heavy (non-hydrogen) atoms. The normalized spacial score (nSPS) is 15.6. The van der Waals surface area contributed by atoms with Gasteiger partial charge in [0.1, 0.15) is 11.9 Å². The van der Waals surface area contributed by atoms with Gasteiger partial charge < -0.3 is 4.90 Å². The standard InChI is InChI=1S/C17H25N3/c1-13(2)9-11-20(15-6-4-5-7-15)17-16(12-18)14(3)8-10-19-17/h8,10,13,15H,4-7,9,11H2,1-3H3. The van der Waals surface area contributed by atoms with E-state index in [9.17, 15) is 5.26 Å². The molecule has 1 saturated carbocycles. The third-order valence-electron chi connectivity index (χ3n) is 4.24. The van der Waals surface area contributed by atoms with E-state index < -0.39 is 0 Å². The SMILES string of the molecule is Cc1ccnc(N(CCC(C)C)C2CCCC2)c1C#N. The predicted molar refractivity (Wildman–Crippen MR) is 82.7 cm³/mol. The molecule has 0 aliphatic heterocycles. The molecular weight excluding hydrogens is 246 g/mol. The van der Waals surface area contributed by atoms with Gasteiger partial charge in [-0.3, -0.25) is 0 Å². The van der Waals surface area contributed by atoms with E-state index in [4.69, 9.17) is 0 Å². The highest BCUT2D eigenvalue weighted by atomic mass is 15.2. The zero-order valence-electron chi connectivity index (χ0n) is 12.9. The van der Waals surface area contributed by atoms with Crippen molar-refractivity contribution in [3.05, 3.63) is 23.4 Å². The Balaban J connectivity index is 2.30. The van der Waals surface area contributed by atoms with Gasteiger partial charge in [0.05, 0.1) is 5.56 Å². The van der Waals surface area contributed by atoms with Gasteiger partial charge in [-0.25, -0.2) is 4.98 Å². The highest BCUT2D eigenvalue weighted by Gasteiger charge is 2.26. The van der Waals surface area contributed by atoms with Crippen LogP contribution in [-0.4, -0.2) is 17.6 Å². The summed E-state index contributed by atoms with van der Waals surface area (Å²) >= 11 is 0. The van der Waals surface area contributed by atoms with E-state index in [-0.39, 0.29) is 0 Å². The zero-order chi connectivity index (χ0) is 14.5. The lowest BCUT2D eigenvalue weighted by Gasteiger charge is -2.31. The van der Waals surface area contributed by atoms with Gasteiger partial charge in [0.15, 0.2) is 0 Å². The first-order valence-corrected chi connectivity index (χ1v) is 7.75. The second-order valence-electron chi connectivity index (χ2n) is 6.25. The number of pyridine rings is 1. The van der Waals surface area contributed by atoms with Crippen LogP contribution in [0.25, 0.3) is 0 Å². The number of rotatable bonds is 5. The predicted octanol–water partition coefficient (Wildman–Crippen LogP) is 4.06. The van der Waals surface area contributed by atoms with Crippen LogP contribution >= 0.6 is 0 Å². The molecule has 3 heteroatoms. The van der Waals surface area contributed by atoms with E-state index >= 15 is 0 Å². The molecule has 1 aliphatic carbocycles. The van der Waals surface area contributed by atoms with Crippen LogP contribution in [0.5, 0.6) is 0 Å². The largest absolute Gasteiger partial charge is 0.353 e. The van der Waals surface area contributed by atoms with Crippen molar-refractivity contribution in [2.45, 2.75) is 58.9 Å². The highest BCUT2D eigenvalue weighted by Crippen LogP contribution is 2.30. The average molecular weight is 271 g/mol. The summed E-state index contributed by atoms with van der Waals surface area (Å²) in [7, 11) is 0. The fourth-order valence-corrected chi connectivity index (χ4v) is 2.97. The van der Waals surface area contributed by atoms with Crippen molar-refractivity contribution in [1.29, 1.82) is 5.26 Å².